The molecule has 2 aromatic rings. The van der Waals surface area contributed by atoms with Crippen molar-refractivity contribution in [3.63, 3.8) is 0 Å². The third-order valence-electron chi connectivity index (χ3n) is 2.44. The van der Waals surface area contributed by atoms with E-state index in [9.17, 15) is 5.21 Å². The minimum Gasteiger partial charge on any atom is -0.710 e. The van der Waals surface area contributed by atoms with Gasteiger partial charge in [0.05, 0.1) is 29.8 Å². The van der Waals surface area contributed by atoms with E-state index in [4.69, 9.17) is 16.2 Å². The van der Waals surface area contributed by atoms with Crippen LogP contribution >= 0.6 is 0 Å². The van der Waals surface area contributed by atoms with Crippen molar-refractivity contribution in [2.45, 2.75) is 0 Å². The van der Waals surface area contributed by atoms with Crippen LogP contribution < -0.4 is 20.9 Å². The molecule has 4 N–H and O–H groups in total. The van der Waals surface area contributed by atoms with Crippen LogP contribution in [0.3, 0.4) is 0 Å². The maximum Gasteiger partial charge on any atom is 0.353 e. The highest BCUT2D eigenvalue weighted by Gasteiger charge is 2.08. The summed E-state index contributed by atoms with van der Waals surface area (Å²) in [4.78, 5) is 0. The molecule has 0 bridgehead atoms. The normalized spacial score (nSPS) is 10.8. The molecule has 0 spiro atoms. The summed E-state index contributed by atoms with van der Waals surface area (Å²) in [7, 11) is 1.49. The van der Waals surface area contributed by atoms with Crippen LogP contribution in [0.15, 0.2) is 46.8 Å². The van der Waals surface area contributed by atoms with Gasteiger partial charge in [0.2, 0.25) is 0 Å². The summed E-state index contributed by atoms with van der Waals surface area (Å²) in [5.74, 6) is 0.615. The van der Waals surface area contributed by atoms with Crippen LogP contribution in [0.25, 0.3) is 0 Å². The maximum absolute atomic E-state index is 11.4. The summed E-state index contributed by atoms with van der Waals surface area (Å²) in [6.07, 6.45) is 1.33. The zero-order valence-corrected chi connectivity index (χ0v) is 10.3. The summed E-state index contributed by atoms with van der Waals surface area (Å²) >= 11 is 0. The Morgan fingerprint density at radius 1 is 1.16 bits per heavy atom. The molecule has 1 aromatic carbocycles. The fourth-order valence-electron chi connectivity index (χ4n) is 1.47. The molecular formula is C12H13N5O2. The minimum atomic E-state index is 0.165. The Bertz CT molecular complexity index is 628. The lowest BCUT2D eigenvalue weighted by Gasteiger charge is -2.06. The third-order valence-corrected chi connectivity index (χ3v) is 2.44. The topological polar surface area (TPSA) is 113 Å². The maximum atomic E-state index is 11.4. The first-order chi connectivity index (χ1) is 9.11. The number of hydrogen-bond acceptors (Lipinski definition) is 6. The van der Waals surface area contributed by atoms with Crippen molar-refractivity contribution in [3.8, 4) is 5.75 Å². The van der Waals surface area contributed by atoms with E-state index in [0.717, 1.165) is 0 Å². The van der Waals surface area contributed by atoms with E-state index in [0.29, 0.717) is 27.5 Å². The number of methoxy groups -OCH3 is 1. The molecule has 0 aliphatic carbocycles. The van der Waals surface area contributed by atoms with E-state index in [1.54, 1.807) is 24.3 Å². The largest absolute Gasteiger partial charge is 0.710 e. The molecule has 98 valence electrons. The van der Waals surface area contributed by atoms with Gasteiger partial charge < -0.3 is 21.4 Å². The first kappa shape index (κ1) is 12.6. The predicted octanol–water partition coefficient (Wildman–Crippen LogP) is 1.91. The van der Waals surface area contributed by atoms with Gasteiger partial charge in [-0.15, -0.1) is 0 Å². The van der Waals surface area contributed by atoms with Crippen LogP contribution in [-0.2, 0) is 0 Å². The Hall–Kier alpha value is -2.83. The van der Waals surface area contributed by atoms with Gasteiger partial charge in [-0.3, -0.25) is 0 Å². The quantitative estimate of drug-likeness (QED) is 0.379. The number of nitrogen functional groups attached to an aromatic ring is 2. The fraction of sp³-hybridized carbons (Fsp3) is 0.0833. The summed E-state index contributed by atoms with van der Waals surface area (Å²) < 4.78 is 5.67. The smallest absolute Gasteiger partial charge is 0.353 e. The Kier molecular flexibility index (Phi) is 3.46. The number of nitrogens with zero attached hydrogens (tertiary/aromatic N) is 3. The number of hydrogen-bond donors (Lipinski definition) is 2. The molecule has 7 nitrogen and oxygen atoms in total. The minimum absolute atomic E-state index is 0.165. The predicted molar refractivity (Wildman–Crippen MR) is 71.4 cm³/mol. The van der Waals surface area contributed by atoms with Crippen molar-refractivity contribution in [1.82, 2.24) is 0 Å². The molecule has 0 unspecified atom stereocenters. The molecule has 2 rings (SSSR count). The van der Waals surface area contributed by atoms with E-state index < -0.39 is 0 Å². The van der Waals surface area contributed by atoms with Crippen molar-refractivity contribution in [1.29, 1.82) is 0 Å². The zero-order valence-electron chi connectivity index (χ0n) is 10.3. The number of pyridine rings is 1. The van der Waals surface area contributed by atoms with Crippen LogP contribution in [0.2, 0.25) is 0 Å². The molecule has 1 heterocycles. The van der Waals surface area contributed by atoms with Crippen molar-refractivity contribution in [2.75, 3.05) is 18.6 Å². The average molecular weight is 259 g/mol. The van der Waals surface area contributed by atoms with Crippen LogP contribution in [0, 0.1) is 5.21 Å². The highest BCUT2D eigenvalue weighted by atomic mass is 16.5. The van der Waals surface area contributed by atoms with Crippen molar-refractivity contribution >= 4 is 22.9 Å². The molecule has 0 amide bonds. The monoisotopic (exact) mass is 259 g/mol. The SMILES string of the molecule is COc1cc(N=Nc2cccc[n+]2[O-])c(N)cc1N. The molecular weight excluding hydrogens is 246 g/mol. The lowest BCUT2D eigenvalue weighted by Crippen LogP contribution is -2.24. The molecule has 0 aliphatic rings. The molecule has 0 aliphatic heterocycles. The highest BCUT2D eigenvalue weighted by Crippen LogP contribution is 2.33. The molecule has 0 saturated heterocycles. The van der Waals surface area contributed by atoms with Gasteiger partial charge in [-0.1, -0.05) is 6.07 Å². The lowest BCUT2D eigenvalue weighted by molar-refractivity contribution is -0.591. The Labute approximate surface area is 109 Å². The molecule has 0 fully saturated rings. The van der Waals surface area contributed by atoms with Crippen molar-refractivity contribution in [3.05, 3.63) is 41.7 Å². The fourth-order valence-corrected chi connectivity index (χ4v) is 1.47. The number of rotatable bonds is 3. The third kappa shape index (κ3) is 2.71. The van der Waals surface area contributed by atoms with E-state index in [1.165, 1.54) is 19.4 Å². The van der Waals surface area contributed by atoms with E-state index in [2.05, 4.69) is 10.2 Å². The van der Waals surface area contributed by atoms with Gasteiger partial charge in [-0.25, -0.2) is 4.73 Å². The van der Waals surface area contributed by atoms with Crippen LogP contribution in [0.5, 0.6) is 5.75 Å². The number of nitrogens with two attached hydrogens (primary N) is 2. The van der Waals surface area contributed by atoms with Gasteiger partial charge >= 0.3 is 5.82 Å². The second kappa shape index (κ2) is 5.21. The number of aromatic nitrogens is 1. The molecule has 0 saturated carbocycles. The second-order valence-corrected chi connectivity index (χ2v) is 3.74. The number of ether oxygens (including phenoxy) is 1. The van der Waals surface area contributed by atoms with Crippen molar-refractivity contribution < 1.29 is 9.47 Å². The first-order valence-corrected chi connectivity index (χ1v) is 5.44. The van der Waals surface area contributed by atoms with Crippen LogP contribution in [0.1, 0.15) is 0 Å². The van der Waals surface area contributed by atoms with E-state index in [-0.39, 0.29) is 5.82 Å². The van der Waals surface area contributed by atoms with E-state index >= 15 is 0 Å². The summed E-state index contributed by atoms with van der Waals surface area (Å²) in [5.41, 5.74) is 12.6. The number of azo groups is 1. The van der Waals surface area contributed by atoms with Crippen LogP contribution in [-0.4, -0.2) is 7.11 Å². The Balaban J connectivity index is 2.36. The number of anilines is 2. The average Bonchev–Trinajstić information content (AvgIpc) is 2.39. The van der Waals surface area contributed by atoms with E-state index in [1.807, 2.05) is 0 Å². The second-order valence-electron chi connectivity index (χ2n) is 3.74. The van der Waals surface area contributed by atoms with Gasteiger partial charge in [-0.2, -0.15) is 0 Å². The standard InChI is InChI=1S/C12H13N5O2/c1-19-11-7-10(8(13)6-9(11)14)15-16-12-4-2-3-5-17(12)18/h2-7H,13-14H2,1H3. The first-order valence-electron chi connectivity index (χ1n) is 5.44. The van der Waals surface area contributed by atoms with Gasteiger partial charge in [-0.05, 0) is 17.2 Å². The Morgan fingerprint density at radius 2 is 1.95 bits per heavy atom. The number of benzene rings is 1. The zero-order chi connectivity index (χ0) is 13.8. The van der Waals surface area contributed by atoms with Gasteiger partial charge in [0.15, 0.2) is 0 Å². The van der Waals surface area contributed by atoms with Gasteiger partial charge in [0.25, 0.3) is 0 Å². The molecule has 0 radical (unpaired) electrons. The summed E-state index contributed by atoms with van der Waals surface area (Å²) in [6.45, 7) is 0. The van der Waals surface area contributed by atoms with Gasteiger partial charge in [0, 0.05) is 12.1 Å². The molecule has 19 heavy (non-hydrogen) atoms. The van der Waals surface area contributed by atoms with Gasteiger partial charge in [0.1, 0.15) is 11.4 Å². The molecule has 1 aromatic heterocycles. The highest BCUT2D eigenvalue weighted by molar-refractivity contribution is 5.73. The lowest BCUT2D eigenvalue weighted by atomic mass is 10.2. The molecule has 7 heteroatoms. The van der Waals surface area contributed by atoms with Crippen LogP contribution in [0.4, 0.5) is 22.9 Å². The Morgan fingerprint density at radius 3 is 2.63 bits per heavy atom. The van der Waals surface area contributed by atoms with Crippen molar-refractivity contribution in [2.24, 2.45) is 10.2 Å². The summed E-state index contributed by atoms with van der Waals surface area (Å²) in [6, 6.07) is 7.93. The molecule has 0 atom stereocenters. The summed E-state index contributed by atoms with van der Waals surface area (Å²) in [5, 5.41) is 19.2.